The summed E-state index contributed by atoms with van der Waals surface area (Å²) < 4.78 is 0. The van der Waals surface area contributed by atoms with Crippen LogP contribution >= 0.6 is 0 Å². The van der Waals surface area contributed by atoms with Gasteiger partial charge in [0.05, 0.1) is 5.92 Å². The molecule has 0 saturated heterocycles. The lowest BCUT2D eigenvalue weighted by molar-refractivity contribution is -0.133. The van der Waals surface area contributed by atoms with Gasteiger partial charge in [-0.3, -0.25) is 4.79 Å². The van der Waals surface area contributed by atoms with E-state index in [2.05, 4.69) is 43.3 Å². The van der Waals surface area contributed by atoms with Crippen LogP contribution in [0.2, 0.25) is 0 Å². The van der Waals surface area contributed by atoms with Crippen LogP contribution in [0.25, 0.3) is 0 Å². The molecular weight excluding hydrogens is 318 g/mol. The molecule has 1 atom stereocenters. The van der Waals surface area contributed by atoms with Crippen LogP contribution in [0.4, 0.5) is 0 Å². The van der Waals surface area contributed by atoms with Crippen LogP contribution in [-0.2, 0) is 17.9 Å². The Morgan fingerprint density at radius 1 is 0.808 bits per heavy atom. The lowest BCUT2D eigenvalue weighted by Crippen LogP contribution is -2.33. The van der Waals surface area contributed by atoms with Gasteiger partial charge in [0.25, 0.3) is 0 Å². The Balaban J connectivity index is 1.84. The van der Waals surface area contributed by atoms with Crippen LogP contribution in [0.3, 0.4) is 0 Å². The lowest BCUT2D eigenvalue weighted by atomic mass is 9.97. The number of benzene rings is 3. The smallest absolute Gasteiger partial charge is 0.230 e. The summed E-state index contributed by atoms with van der Waals surface area (Å²) >= 11 is 0. The van der Waals surface area contributed by atoms with Crippen molar-refractivity contribution in [2.24, 2.45) is 0 Å². The Labute approximate surface area is 156 Å². The van der Waals surface area contributed by atoms with Crippen molar-refractivity contribution in [2.45, 2.75) is 32.9 Å². The van der Waals surface area contributed by atoms with Gasteiger partial charge >= 0.3 is 0 Å². The van der Waals surface area contributed by atoms with Gasteiger partial charge in [0, 0.05) is 13.1 Å². The van der Waals surface area contributed by atoms with Crippen LogP contribution in [0.1, 0.15) is 35.1 Å². The van der Waals surface area contributed by atoms with Gasteiger partial charge in [0.15, 0.2) is 0 Å². The number of nitrogens with zero attached hydrogens (tertiary/aromatic N) is 1. The maximum absolute atomic E-state index is 13.3. The first-order valence-corrected chi connectivity index (χ1v) is 9.06. The summed E-state index contributed by atoms with van der Waals surface area (Å²) in [4.78, 5) is 15.2. The number of hydrogen-bond acceptors (Lipinski definition) is 1. The van der Waals surface area contributed by atoms with Crippen LogP contribution in [0.15, 0.2) is 84.9 Å². The number of aryl methyl sites for hydroxylation is 1. The van der Waals surface area contributed by atoms with Crippen molar-refractivity contribution in [1.29, 1.82) is 0 Å². The highest BCUT2D eigenvalue weighted by molar-refractivity contribution is 5.83. The molecule has 2 nitrogen and oxygen atoms in total. The van der Waals surface area contributed by atoms with E-state index >= 15 is 0 Å². The zero-order valence-electron chi connectivity index (χ0n) is 15.4. The minimum atomic E-state index is -0.165. The number of rotatable bonds is 6. The highest BCUT2D eigenvalue weighted by atomic mass is 16.2. The normalized spacial score (nSPS) is 11.8. The van der Waals surface area contributed by atoms with Crippen molar-refractivity contribution in [1.82, 2.24) is 4.90 Å². The Bertz CT molecular complexity index is 801. The van der Waals surface area contributed by atoms with E-state index in [-0.39, 0.29) is 11.8 Å². The Hall–Kier alpha value is -2.87. The standard InChI is InChI=1S/C24H25NO/c1-19-10-9-15-23(16-19)20(2)24(26)25(17-21-11-5-3-6-12-21)18-22-13-7-4-8-14-22/h3-16,20H,17-18H2,1-2H3. The third kappa shape index (κ3) is 4.60. The third-order valence-electron chi connectivity index (χ3n) is 4.66. The summed E-state index contributed by atoms with van der Waals surface area (Å²) in [7, 11) is 0. The first-order valence-electron chi connectivity index (χ1n) is 9.06. The first-order chi connectivity index (χ1) is 12.6. The Morgan fingerprint density at radius 2 is 1.35 bits per heavy atom. The molecule has 0 saturated carbocycles. The fourth-order valence-electron chi connectivity index (χ4n) is 3.18. The summed E-state index contributed by atoms with van der Waals surface area (Å²) in [6, 6.07) is 28.6. The second-order valence-electron chi connectivity index (χ2n) is 6.80. The molecule has 0 N–H and O–H groups in total. The van der Waals surface area contributed by atoms with Crippen LogP contribution in [0.5, 0.6) is 0 Å². The van der Waals surface area contributed by atoms with Crippen molar-refractivity contribution in [3.8, 4) is 0 Å². The largest absolute Gasteiger partial charge is 0.334 e. The lowest BCUT2D eigenvalue weighted by Gasteiger charge is -2.26. The molecule has 0 radical (unpaired) electrons. The van der Waals surface area contributed by atoms with E-state index in [1.54, 1.807) is 0 Å². The summed E-state index contributed by atoms with van der Waals surface area (Å²) in [6.07, 6.45) is 0. The van der Waals surface area contributed by atoms with E-state index in [1.807, 2.05) is 60.4 Å². The van der Waals surface area contributed by atoms with Crippen LogP contribution in [0, 0.1) is 6.92 Å². The van der Waals surface area contributed by atoms with E-state index in [0.717, 1.165) is 16.7 Å². The van der Waals surface area contributed by atoms with Gasteiger partial charge in [-0.15, -0.1) is 0 Å². The van der Waals surface area contributed by atoms with Gasteiger partial charge in [-0.2, -0.15) is 0 Å². The van der Waals surface area contributed by atoms with Crippen molar-refractivity contribution in [3.63, 3.8) is 0 Å². The Kier molecular flexibility index (Phi) is 5.85. The fourth-order valence-corrected chi connectivity index (χ4v) is 3.18. The monoisotopic (exact) mass is 343 g/mol. The zero-order chi connectivity index (χ0) is 18.4. The van der Waals surface area contributed by atoms with E-state index in [4.69, 9.17) is 0 Å². The molecule has 0 aliphatic rings. The summed E-state index contributed by atoms with van der Waals surface area (Å²) in [5, 5.41) is 0. The topological polar surface area (TPSA) is 20.3 Å². The molecule has 0 aromatic heterocycles. The highest BCUT2D eigenvalue weighted by Crippen LogP contribution is 2.22. The molecule has 3 aromatic rings. The van der Waals surface area contributed by atoms with Gasteiger partial charge in [-0.1, -0.05) is 90.5 Å². The molecule has 1 amide bonds. The maximum Gasteiger partial charge on any atom is 0.230 e. The third-order valence-corrected chi connectivity index (χ3v) is 4.66. The van der Waals surface area contributed by atoms with E-state index in [1.165, 1.54) is 5.56 Å². The van der Waals surface area contributed by atoms with Crippen LogP contribution < -0.4 is 0 Å². The predicted octanol–water partition coefficient (Wildman–Crippen LogP) is 5.33. The van der Waals surface area contributed by atoms with Crippen molar-refractivity contribution >= 4 is 5.91 Å². The van der Waals surface area contributed by atoms with E-state index in [9.17, 15) is 4.79 Å². The van der Waals surface area contributed by atoms with Gasteiger partial charge in [-0.05, 0) is 30.5 Å². The van der Waals surface area contributed by atoms with E-state index in [0.29, 0.717) is 13.1 Å². The number of amides is 1. The number of hydrogen-bond donors (Lipinski definition) is 0. The van der Waals surface area contributed by atoms with E-state index < -0.39 is 0 Å². The molecule has 0 heterocycles. The SMILES string of the molecule is Cc1cccc(C(C)C(=O)N(Cc2ccccc2)Cc2ccccc2)c1. The van der Waals surface area contributed by atoms with Gasteiger partial charge in [0.1, 0.15) is 0 Å². The highest BCUT2D eigenvalue weighted by Gasteiger charge is 2.22. The predicted molar refractivity (Wildman–Crippen MR) is 107 cm³/mol. The molecule has 26 heavy (non-hydrogen) atoms. The molecule has 2 heteroatoms. The zero-order valence-corrected chi connectivity index (χ0v) is 15.4. The molecule has 132 valence electrons. The molecule has 0 bridgehead atoms. The second-order valence-corrected chi connectivity index (χ2v) is 6.80. The minimum Gasteiger partial charge on any atom is -0.334 e. The molecule has 0 aliphatic heterocycles. The van der Waals surface area contributed by atoms with Crippen LogP contribution in [-0.4, -0.2) is 10.8 Å². The molecule has 3 aromatic carbocycles. The molecular formula is C24H25NO. The molecule has 0 fully saturated rings. The van der Waals surface area contributed by atoms with Crippen molar-refractivity contribution in [3.05, 3.63) is 107 Å². The quantitative estimate of drug-likeness (QED) is 0.592. The summed E-state index contributed by atoms with van der Waals surface area (Å²) in [6.45, 7) is 5.29. The number of carbonyl (C=O) groups is 1. The minimum absolute atomic E-state index is 0.156. The molecule has 3 rings (SSSR count). The molecule has 0 spiro atoms. The van der Waals surface area contributed by atoms with Crippen molar-refractivity contribution in [2.75, 3.05) is 0 Å². The van der Waals surface area contributed by atoms with Crippen molar-refractivity contribution < 1.29 is 4.79 Å². The summed E-state index contributed by atoms with van der Waals surface area (Å²) in [5.41, 5.74) is 4.54. The fraction of sp³-hybridized carbons (Fsp3) is 0.208. The number of carbonyl (C=O) groups excluding carboxylic acids is 1. The average molecular weight is 343 g/mol. The maximum atomic E-state index is 13.3. The molecule has 0 aliphatic carbocycles. The first kappa shape index (κ1) is 17.9. The van der Waals surface area contributed by atoms with Gasteiger partial charge < -0.3 is 4.90 Å². The van der Waals surface area contributed by atoms with Gasteiger partial charge in [0.2, 0.25) is 5.91 Å². The summed E-state index contributed by atoms with van der Waals surface area (Å²) in [5.74, 6) is -0.00868. The van der Waals surface area contributed by atoms with Gasteiger partial charge in [-0.25, -0.2) is 0 Å². The average Bonchev–Trinajstić information content (AvgIpc) is 2.68. The second kappa shape index (κ2) is 8.48. The Morgan fingerprint density at radius 3 is 1.85 bits per heavy atom. The molecule has 1 unspecified atom stereocenters.